The van der Waals surface area contributed by atoms with Crippen LogP contribution in [0.1, 0.15) is 15.4 Å². The van der Waals surface area contributed by atoms with Crippen molar-refractivity contribution in [2.75, 3.05) is 0 Å². The number of hydrogen-bond donors (Lipinski definition) is 3. The van der Waals surface area contributed by atoms with Crippen LogP contribution in [0.25, 0.3) is 10.2 Å². The van der Waals surface area contributed by atoms with E-state index in [0.717, 1.165) is 10.8 Å². The average Bonchev–Trinajstić information content (AvgIpc) is 2.91. The number of carbonyl (C=O) groups excluding carboxylic acids is 1. The van der Waals surface area contributed by atoms with E-state index in [1.807, 2.05) is 18.2 Å². The summed E-state index contributed by atoms with van der Waals surface area (Å²) in [5.74, 6) is -1.25. The molecule has 0 unspecified atom stereocenters. The van der Waals surface area contributed by atoms with Crippen LogP contribution in [0.3, 0.4) is 0 Å². The van der Waals surface area contributed by atoms with Crippen LogP contribution in [-0.2, 0) is 0 Å². The Balaban J connectivity index is 2.05. The molecule has 2 aromatic carbocycles. The van der Waals surface area contributed by atoms with Crippen molar-refractivity contribution in [1.29, 1.82) is 0 Å². The molecule has 0 amide bonds. The molecular formula is C15H10N2O4S. The fourth-order valence-electron chi connectivity index (χ4n) is 2.00. The van der Waals surface area contributed by atoms with Crippen LogP contribution in [0.4, 0.5) is 0 Å². The first-order valence-electron chi connectivity index (χ1n) is 6.25. The molecule has 0 saturated carbocycles. The maximum Gasteiger partial charge on any atom is 0.221 e. The molecule has 3 N–H and O–H groups in total. The number of thiazole rings is 1. The Hall–Kier alpha value is -2.93. The minimum atomic E-state index is -0.681. The van der Waals surface area contributed by atoms with E-state index in [9.17, 15) is 20.2 Å². The van der Waals surface area contributed by atoms with E-state index in [2.05, 4.69) is 10.1 Å². The van der Waals surface area contributed by atoms with Gasteiger partial charge in [-0.2, -0.15) is 0 Å². The molecule has 0 radical (unpaired) electrons. The largest absolute Gasteiger partial charge is 0.508 e. The molecule has 3 rings (SSSR count). The van der Waals surface area contributed by atoms with Gasteiger partial charge in [-0.05, 0) is 24.3 Å². The third kappa shape index (κ3) is 2.38. The van der Waals surface area contributed by atoms with Crippen molar-refractivity contribution in [2.45, 2.75) is 0 Å². The van der Waals surface area contributed by atoms with Crippen LogP contribution in [0, 0.1) is 0 Å². The summed E-state index contributed by atoms with van der Waals surface area (Å²) in [6, 6.07) is 10.8. The third-order valence-electron chi connectivity index (χ3n) is 3.04. The maximum atomic E-state index is 12.4. The van der Waals surface area contributed by atoms with E-state index < -0.39 is 11.5 Å². The van der Waals surface area contributed by atoms with E-state index in [-0.39, 0.29) is 22.0 Å². The molecule has 6 nitrogen and oxygen atoms in total. The van der Waals surface area contributed by atoms with Gasteiger partial charge in [0.05, 0.1) is 15.8 Å². The number of carbonyl (C=O) groups is 1. The summed E-state index contributed by atoms with van der Waals surface area (Å²) in [7, 11) is 0. The number of benzene rings is 2. The van der Waals surface area contributed by atoms with Crippen LogP contribution in [0.2, 0.25) is 0 Å². The minimum Gasteiger partial charge on any atom is -0.508 e. The number of para-hydroxylation sites is 1. The average molecular weight is 314 g/mol. The van der Waals surface area contributed by atoms with Gasteiger partial charge in [0.2, 0.25) is 5.78 Å². The minimum absolute atomic E-state index is 0.0788. The second-order valence-electron chi connectivity index (χ2n) is 4.47. The fraction of sp³-hybridized carbons (Fsp3) is 0. The molecule has 3 aromatic rings. The number of oxime groups is 1. The first kappa shape index (κ1) is 14.0. The summed E-state index contributed by atoms with van der Waals surface area (Å²) < 4.78 is 0.848. The Morgan fingerprint density at radius 1 is 1.14 bits per heavy atom. The Labute approximate surface area is 128 Å². The zero-order valence-corrected chi connectivity index (χ0v) is 11.9. The van der Waals surface area contributed by atoms with Crippen molar-refractivity contribution in [1.82, 2.24) is 4.98 Å². The number of ketones is 1. The highest BCUT2D eigenvalue weighted by molar-refractivity contribution is 7.21. The SMILES string of the molecule is O=C(/C(=N/O)c1nc2ccccc2s1)c1ccc(O)cc1O. The fourth-order valence-corrected chi connectivity index (χ4v) is 2.95. The lowest BCUT2D eigenvalue weighted by atomic mass is 10.1. The quantitative estimate of drug-likeness (QED) is 0.298. The normalized spacial score (nSPS) is 11.7. The predicted molar refractivity (Wildman–Crippen MR) is 82.0 cm³/mol. The number of hydrogen-bond acceptors (Lipinski definition) is 7. The number of rotatable bonds is 3. The molecule has 0 aliphatic heterocycles. The Kier molecular flexibility index (Phi) is 3.48. The second-order valence-corrected chi connectivity index (χ2v) is 5.50. The number of phenolic OH excluding ortho intramolecular Hbond substituents is 2. The number of nitrogens with zero attached hydrogens (tertiary/aromatic N) is 2. The van der Waals surface area contributed by atoms with E-state index in [4.69, 9.17) is 0 Å². The zero-order valence-electron chi connectivity index (χ0n) is 11.1. The van der Waals surface area contributed by atoms with E-state index in [1.54, 1.807) is 6.07 Å². The highest BCUT2D eigenvalue weighted by atomic mass is 32.1. The first-order valence-corrected chi connectivity index (χ1v) is 7.06. The van der Waals surface area contributed by atoms with Crippen molar-refractivity contribution < 1.29 is 20.2 Å². The molecule has 7 heteroatoms. The van der Waals surface area contributed by atoms with Gasteiger partial charge in [-0.1, -0.05) is 17.3 Å². The molecule has 0 saturated heterocycles. The molecule has 0 bridgehead atoms. The van der Waals surface area contributed by atoms with Crippen molar-refractivity contribution in [3.8, 4) is 11.5 Å². The number of Topliss-reactive ketones (excluding diaryl/α,β-unsaturated/α-hetero) is 1. The molecule has 22 heavy (non-hydrogen) atoms. The third-order valence-corrected chi connectivity index (χ3v) is 4.08. The van der Waals surface area contributed by atoms with Crippen molar-refractivity contribution in [3.63, 3.8) is 0 Å². The molecule has 0 spiro atoms. The van der Waals surface area contributed by atoms with E-state index >= 15 is 0 Å². The molecule has 1 aromatic heterocycles. The van der Waals surface area contributed by atoms with Crippen LogP contribution < -0.4 is 0 Å². The van der Waals surface area contributed by atoms with E-state index in [1.165, 1.54) is 23.5 Å². The standard InChI is InChI=1S/C15H10N2O4S/c18-8-5-6-9(11(19)7-8)14(20)13(17-21)15-16-10-3-1-2-4-12(10)22-15/h1-7,18-19,21H/b17-13-. The van der Waals surface area contributed by atoms with Gasteiger partial charge in [0, 0.05) is 6.07 Å². The molecule has 0 aliphatic rings. The maximum absolute atomic E-state index is 12.4. The Morgan fingerprint density at radius 2 is 1.91 bits per heavy atom. The topological polar surface area (TPSA) is 103 Å². The monoisotopic (exact) mass is 314 g/mol. The number of aromatic nitrogens is 1. The second kappa shape index (κ2) is 5.45. The highest BCUT2D eigenvalue weighted by Crippen LogP contribution is 2.27. The first-order chi connectivity index (χ1) is 10.6. The van der Waals surface area contributed by atoms with Gasteiger partial charge in [-0.3, -0.25) is 4.79 Å². The molecular weight excluding hydrogens is 304 g/mol. The lowest BCUT2D eigenvalue weighted by Crippen LogP contribution is -2.16. The van der Waals surface area contributed by atoms with E-state index in [0.29, 0.717) is 5.52 Å². The summed E-state index contributed by atoms with van der Waals surface area (Å²) in [6.07, 6.45) is 0. The van der Waals surface area contributed by atoms with Crippen molar-refractivity contribution >= 4 is 33.0 Å². The van der Waals surface area contributed by atoms with Gasteiger partial charge in [-0.25, -0.2) is 4.98 Å². The molecule has 110 valence electrons. The molecule has 0 fully saturated rings. The molecule has 1 heterocycles. The lowest BCUT2D eigenvalue weighted by molar-refractivity contribution is 0.106. The van der Waals surface area contributed by atoms with Crippen molar-refractivity contribution in [2.24, 2.45) is 5.16 Å². The summed E-state index contributed by atoms with van der Waals surface area (Å²) in [4.78, 5) is 16.7. The summed E-state index contributed by atoms with van der Waals surface area (Å²) in [6.45, 7) is 0. The summed E-state index contributed by atoms with van der Waals surface area (Å²) >= 11 is 1.21. The van der Waals surface area contributed by atoms with Crippen molar-refractivity contribution in [3.05, 3.63) is 53.0 Å². The van der Waals surface area contributed by atoms with Crippen LogP contribution in [0.5, 0.6) is 11.5 Å². The van der Waals surface area contributed by atoms with Gasteiger partial charge >= 0.3 is 0 Å². The van der Waals surface area contributed by atoms with Gasteiger partial charge in [0.1, 0.15) is 11.5 Å². The van der Waals surface area contributed by atoms with Gasteiger partial charge < -0.3 is 15.4 Å². The highest BCUT2D eigenvalue weighted by Gasteiger charge is 2.23. The number of aromatic hydroxyl groups is 2. The Bertz CT molecular complexity index is 868. The summed E-state index contributed by atoms with van der Waals surface area (Å²) in [5.41, 5.74) is 0.346. The van der Waals surface area contributed by atoms with Crippen LogP contribution >= 0.6 is 11.3 Å². The number of fused-ring (bicyclic) bond motifs is 1. The molecule has 0 aliphatic carbocycles. The summed E-state index contributed by atoms with van der Waals surface area (Å²) in [5, 5.41) is 31.5. The van der Waals surface area contributed by atoms with Crippen LogP contribution in [0.15, 0.2) is 47.6 Å². The smallest absolute Gasteiger partial charge is 0.221 e. The molecule has 0 atom stereocenters. The van der Waals surface area contributed by atoms with Gasteiger partial charge in [0.15, 0.2) is 10.7 Å². The number of phenols is 2. The van der Waals surface area contributed by atoms with Crippen LogP contribution in [-0.4, -0.2) is 31.9 Å². The predicted octanol–water partition coefficient (Wildman–Crippen LogP) is 2.77. The van der Waals surface area contributed by atoms with Gasteiger partial charge in [-0.15, -0.1) is 11.3 Å². The Morgan fingerprint density at radius 3 is 2.59 bits per heavy atom. The van der Waals surface area contributed by atoms with Gasteiger partial charge in [0.25, 0.3) is 0 Å². The lowest BCUT2D eigenvalue weighted by Gasteiger charge is -2.04. The zero-order chi connectivity index (χ0) is 15.7.